The summed E-state index contributed by atoms with van der Waals surface area (Å²) in [6, 6.07) is 10.7. The summed E-state index contributed by atoms with van der Waals surface area (Å²) >= 11 is 0. The Morgan fingerprint density at radius 1 is 0.826 bits per heavy atom. The average molecular weight is 319 g/mol. The molecule has 0 spiro atoms. The largest absolute Gasteiger partial charge is 0.329 e. The van der Waals surface area contributed by atoms with Gasteiger partial charge in [-0.2, -0.15) is 0 Å². The minimum atomic E-state index is 0.122. The molecular formula is C21H38N2. The van der Waals surface area contributed by atoms with Crippen molar-refractivity contribution >= 4 is 0 Å². The van der Waals surface area contributed by atoms with Gasteiger partial charge in [0, 0.05) is 18.6 Å². The fourth-order valence-corrected chi connectivity index (χ4v) is 3.24. The molecule has 0 saturated carbocycles. The summed E-state index contributed by atoms with van der Waals surface area (Å²) in [5, 5.41) is 3.83. The van der Waals surface area contributed by atoms with Crippen molar-refractivity contribution in [3.05, 3.63) is 35.9 Å². The van der Waals surface area contributed by atoms with E-state index in [0.29, 0.717) is 0 Å². The summed E-state index contributed by atoms with van der Waals surface area (Å²) in [6.07, 6.45) is 12.9. The number of unbranched alkanes of at least 4 members (excludes halogenated alkanes) is 6. The molecule has 3 N–H and O–H groups in total. The van der Waals surface area contributed by atoms with Gasteiger partial charge >= 0.3 is 0 Å². The highest BCUT2D eigenvalue weighted by Crippen LogP contribution is 2.23. The second kappa shape index (κ2) is 12.5. The van der Waals surface area contributed by atoms with Crippen LogP contribution in [0.2, 0.25) is 0 Å². The van der Waals surface area contributed by atoms with Crippen LogP contribution in [0.1, 0.15) is 83.6 Å². The molecule has 0 radical (unpaired) electrons. The van der Waals surface area contributed by atoms with Gasteiger partial charge in [-0.1, -0.05) is 95.5 Å². The zero-order valence-corrected chi connectivity index (χ0v) is 15.4. The molecule has 0 aliphatic rings. The first kappa shape index (κ1) is 20.2. The molecule has 1 aromatic rings. The molecule has 0 atom stereocenters. The average Bonchev–Trinajstić information content (AvgIpc) is 2.60. The minimum Gasteiger partial charge on any atom is -0.329 e. The van der Waals surface area contributed by atoms with E-state index in [2.05, 4.69) is 49.5 Å². The fraction of sp³-hybridized carbons (Fsp3) is 0.714. The summed E-state index contributed by atoms with van der Waals surface area (Å²) in [6.45, 7) is 6.22. The van der Waals surface area contributed by atoms with Gasteiger partial charge < -0.3 is 11.1 Å². The number of nitrogens with one attached hydrogen (secondary N) is 1. The first-order chi connectivity index (χ1) is 11.3. The van der Waals surface area contributed by atoms with Crippen molar-refractivity contribution in [1.82, 2.24) is 5.32 Å². The molecule has 0 aromatic heterocycles. The molecule has 0 aliphatic carbocycles. The Morgan fingerprint density at radius 3 is 1.87 bits per heavy atom. The van der Waals surface area contributed by atoms with E-state index in [4.69, 9.17) is 5.73 Å². The maximum atomic E-state index is 6.24. The predicted molar refractivity (Wildman–Crippen MR) is 103 cm³/mol. The normalized spacial score (nSPS) is 11.8. The van der Waals surface area contributed by atoms with E-state index in [0.717, 1.165) is 13.1 Å². The van der Waals surface area contributed by atoms with E-state index in [1.807, 2.05) is 0 Å². The Kier molecular flexibility index (Phi) is 11.0. The van der Waals surface area contributed by atoms with Gasteiger partial charge in [0.05, 0.1) is 0 Å². The molecule has 1 aromatic carbocycles. The third kappa shape index (κ3) is 8.53. The Balaban J connectivity index is 2.55. The van der Waals surface area contributed by atoms with Crippen LogP contribution >= 0.6 is 0 Å². The van der Waals surface area contributed by atoms with Gasteiger partial charge in [-0.15, -0.1) is 0 Å². The van der Waals surface area contributed by atoms with Gasteiger partial charge in [0.25, 0.3) is 0 Å². The SMILES string of the molecule is CCCCCCC(CN)(CCCCCC)NCc1ccccc1. The lowest BCUT2D eigenvalue weighted by molar-refractivity contribution is 0.267. The molecule has 0 bridgehead atoms. The molecule has 23 heavy (non-hydrogen) atoms. The summed E-state index contributed by atoms with van der Waals surface area (Å²) in [5.41, 5.74) is 7.72. The summed E-state index contributed by atoms with van der Waals surface area (Å²) in [4.78, 5) is 0. The molecule has 0 heterocycles. The topological polar surface area (TPSA) is 38.0 Å². The van der Waals surface area contributed by atoms with Gasteiger partial charge in [-0.3, -0.25) is 0 Å². The number of benzene rings is 1. The highest BCUT2D eigenvalue weighted by Gasteiger charge is 2.26. The lowest BCUT2D eigenvalue weighted by Gasteiger charge is -2.34. The van der Waals surface area contributed by atoms with Crippen molar-refractivity contribution in [2.75, 3.05) is 6.54 Å². The van der Waals surface area contributed by atoms with Crippen molar-refractivity contribution in [2.24, 2.45) is 5.73 Å². The van der Waals surface area contributed by atoms with Crippen LogP contribution in [0.3, 0.4) is 0 Å². The maximum Gasteiger partial charge on any atom is 0.0307 e. The van der Waals surface area contributed by atoms with E-state index < -0.39 is 0 Å². The smallest absolute Gasteiger partial charge is 0.0307 e. The van der Waals surface area contributed by atoms with Gasteiger partial charge in [0.1, 0.15) is 0 Å². The molecular weight excluding hydrogens is 280 g/mol. The van der Waals surface area contributed by atoms with Crippen molar-refractivity contribution < 1.29 is 0 Å². The van der Waals surface area contributed by atoms with E-state index in [1.165, 1.54) is 69.8 Å². The van der Waals surface area contributed by atoms with Gasteiger partial charge in [-0.05, 0) is 18.4 Å². The molecule has 0 amide bonds. The van der Waals surface area contributed by atoms with Crippen molar-refractivity contribution in [3.63, 3.8) is 0 Å². The zero-order valence-electron chi connectivity index (χ0n) is 15.4. The summed E-state index contributed by atoms with van der Waals surface area (Å²) < 4.78 is 0. The molecule has 2 nitrogen and oxygen atoms in total. The van der Waals surface area contributed by atoms with Gasteiger partial charge in [0.15, 0.2) is 0 Å². The Bertz CT molecular complexity index is 363. The third-order valence-corrected chi connectivity index (χ3v) is 4.92. The molecule has 1 rings (SSSR count). The van der Waals surface area contributed by atoms with Crippen LogP contribution in [0.4, 0.5) is 0 Å². The molecule has 0 aliphatic heterocycles. The number of hydrogen-bond acceptors (Lipinski definition) is 2. The Labute approximate surface area is 144 Å². The van der Waals surface area contributed by atoms with E-state index >= 15 is 0 Å². The van der Waals surface area contributed by atoms with Gasteiger partial charge in [-0.25, -0.2) is 0 Å². The van der Waals surface area contributed by atoms with Crippen molar-refractivity contribution in [3.8, 4) is 0 Å². The van der Waals surface area contributed by atoms with Crippen LogP contribution in [-0.2, 0) is 6.54 Å². The van der Waals surface area contributed by atoms with E-state index in [9.17, 15) is 0 Å². The zero-order chi connectivity index (χ0) is 16.8. The van der Waals surface area contributed by atoms with E-state index in [-0.39, 0.29) is 5.54 Å². The van der Waals surface area contributed by atoms with Crippen LogP contribution in [0.15, 0.2) is 30.3 Å². The molecule has 0 fully saturated rings. The number of nitrogens with two attached hydrogens (primary N) is 1. The lowest BCUT2D eigenvalue weighted by Crippen LogP contribution is -2.50. The highest BCUT2D eigenvalue weighted by molar-refractivity contribution is 5.14. The van der Waals surface area contributed by atoms with E-state index in [1.54, 1.807) is 0 Å². The first-order valence-electron chi connectivity index (χ1n) is 9.75. The molecule has 0 unspecified atom stereocenters. The summed E-state index contributed by atoms with van der Waals surface area (Å²) in [5.74, 6) is 0. The summed E-state index contributed by atoms with van der Waals surface area (Å²) in [7, 11) is 0. The van der Waals surface area contributed by atoms with Crippen molar-refractivity contribution in [2.45, 2.75) is 90.1 Å². The Morgan fingerprint density at radius 2 is 1.39 bits per heavy atom. The minimum absolute atomic E-state index is 0.122. The van der Waals surface area contributed by atoms with Crippen LogP contribution < -0.4 is 11.1 Å². The van der Waals surface area contributed by atoms with Crippen molar-refractivity contribution in [1.29, 1.82) is 0 Å². The second-order valence-electron chi connectivity index (χ2n) is 6.94. The number of rotatable bonds is 14. The third-order valence-electron chi connectivity index (χ3n) is 4.92. The molecule has 2 heteroatoms. The quantitative estimate of drug-likeness (QED) is 0.450. The molecule has 132 valence electrons. The standard InChI is InChI=1S/C21H38N2/c1-3-5-7-12-16-21(19-22,17-13-8-6-4-2)23-18-20-14-10-9-11-15-20/h9-11,14-15,23H,3-8,12-13,16-19,22H2,1-2H3. The second-order valence-corrected chi connectivity index (χ2v) is 6.94. The van der Waals surface area contributed by atoms with Crippen LogP contribution in [0.25, 0.3) is 0 Å². The first-order valence-corrected chi connectivity index (χ1v) is 9.75. The monoisotopic (exact) mass is 318 g/mol. The highest BCUT2D eigenvalue weighted by atomic mass is 15.0. The van der Waals surface area contributed by atoms with Gasteiger partial charge in [0.2, 0.25) is 0 Å². The Hall–Kier alpha value is -0.860. The van der Waals surface area contributed by atoms with Crippen LogP contribution in [0.5, 0.6) is 0 Å². The fourth-order valence-electron chi connectivity index (χ4n) is 3.24. The number of hydrogen-bond donors (Lipinski definition) is 2. The van der Waals surface area contributed by atoms with Crippen LogP contribution in [-0.4, -0.2) is 12.1 Å². The predicted octanol–water partition coefficient (Wildman–Crippen LogP) is 5.41. The maximum absolute atomic E-state index is 6.24. The molecule has 0 saturated heterocycles. The lowest BCUT2D eigenvalue weighted by atomic mass is 9.86. The van der Waals surface area contributed by atoms with Crippen LogP contribution in [0, 0.1) is 0 Å².